The van der Waals surface area contributed by atoms with Gasteiger partial charge in [0.2, 0.25) is 5.91 Å². The summed E-state index contributed by atoms with van der Waals surface area (Å²) in [7, 11) is 0. The van der Waals surface area contributed by atoms with E-state index in [-0.39, 0.29) is 17.8 Å². The van der Waals surface area contributed by atoms with E-state index in [4.69, 9.17) is 4.74 Å². The first kappa shape index (κ1) is 17.5. The Bertz CT molecular complexity index is 628. The normalized spacial score (nSPS) is 11.8. The number of hydrogen-bond acceptors (Lipinski definition) is 2. The molecule has 2 aromatic rings. The third-order valence-electron chi connectivity index (χ3n) is 3.38. The van der Waals surface area contributed by atoms with Crippen LogP contribution in [0.5, 0.6) is 5.75 Å². The fraction of sp³-hybridized carbons (Fsp3) is 0.278. The van der Waals surface area contributed by atoms with Crippen LogP contribution in [0.2, 0.25) is 0 Å². The van der Waals surface area contributed by atoms with Crippen molar-refractivity contribution in [1.29, 1.82) is 0 Å². The number of nitrogens with one attached hydrogen (secondary N) is 1. The Kier molecular flexibility index (Phi) is 6.59. The van der Waals surface area contributed by atoms with Gasteiger partial charge in [-0.05, 0) is 55.3 Å². The summed E-state index contributed by atoms with van der Waals surface area (Å²) < 4.78 is 19.4. The Morgan fingerprint density at radius 2 is 1.83 bits per heavy atom. The molecule has 0 spiro atoms. The van der Waals surface area contributed by atoms with Gasteiger partial charge in [0, 0.05) is 10.9 Å². The molecule has 0 radical (unpaired) electrons. The smallest absolute Gasteiger partial charge is 0.220 e. The van der Waals surface area contributed by atoms with Crippen molar-refractivity contribution in [3.05, 3.63) is 64.4 Å². The molecule has 5 heteroatoms. The zero-order valence-electron chi connectivity index (χ0n) is 12.9. The number of hydrogen-bond donors (Lipinski definition) is 1. The van der Waals surface area contributed by atoms with Crippen molar-refractivity contribution < 1.29 is 13.9 Å². The molecule has 0 bridgehead atoms. The maximum Gasteiger partial charge on any atom is 0.220 e. The molecule has 0 saturated carbocycles. The molecular weight excluding hydrogens is 361 g/mol. The zero-order chi connectivity index (χ0) is 16.7. The molecule has 2 rings (SSSR count). The summed E-state index contributed by atoms with van der Waals surface area (Å²) >= 11 is 3.36. The van der Waals surface area contributed by atoms with Gasteiger partial charge in [-0.2, -0.15) is 0 Å². The largest absolute Gasteiger partial charge is 0.494 e. The molecule has 3 nitrogen and oxygen atoms in total. The lowest BCUT2D eigenvalue weighted by molar-refractivity contribution is -0.121. The predicted molar refractivity (Wildman–Crippen MR) is 91.8 cm³/mol. The summed E-state index contributed by atoms with van der Waals surface area (Å²) in [6, 6.07) is 13.6. The van der Waals surface area contributed by atoms with E-state index < -0.39 is 0 Å². The lowest BCUT2D eigenvalue weighted by Gasteiger charge is -2.14. The third kappa shape index (κ3) is 6.02. The van der Waals surface area contributed by atoms with Crippen molar-refractivity contribution in [3.63, 3.8) is 0 Å². The van der Waals surface area contributed by atoms with Crippen LogP contribution in [0.15, 0.2) is 53.0 Å². The quantitative estimate of drug-likeness (QED) is 0.712. The number of carbonyl (C=O) groups is 1. The van der Waals surface area contributed by atoms with Crippen LogP contribution < -0.4 is 10.1 Å². The van der Waals surface area contributed by atoms with Crippen molar-refractivity contribution >= 4 is 21.8 Å². The van der Waals surface area contributed by atoms with Gasteiger partial charge in [0.05, 0.1) is 12.6 Å². The summed E-state index contributed by atoms with van der Waals surface area (Å²) in [5, 5.41) is 2.90. The van der Waals surface area contributed by atoms with Crippen molar-refractivity contribution in [1.82, 2.24) is 5.32 Å². The van der Waals surface area contributed by atoms with Gasteiger partial charge >= 0.3 is 0 Å². The van der Waals surface area contributed by atoms with Gasteiger partial charge < -0.3 is 10.1 Å². The topological polar surface area (TPSA) is 38.3 Å². The van der Waals surface area contributed by atoms with Gasteiger partial charge in [-0.15, -0.1) is 0 Å². The molecule has 122 valence electrons. The maximum atomic E-state index is 12.9. The van der Waals surface area contributed by atoms with Crippen LogP contribution in [0.3, 0.4) is 0 Å². The molecule has 23 heavy (non-hydrogen) atoms. The molecule has 1 atom stereocenters. The number of amides is 1. The average Bonchev–Trinajstić information content (AvgIpc) is 2.54. The second-order valence-corrected chi connectivity index (χ2v) is 6.16. The number of rotatable bonds is 7. The molecule has 0 aliphatic rings. The lowest BCUT2D eigenvalue weighted by Crippen LogP contribution is -2.26. The van der Waals surface area contributed by atoms with Gasteiger partial charge in [-0.25, -0.2) is 4.39 Å². The first-order chi connectivity index (χ1) is 11.0. The first-order valence-electron chi connectivity index (χ1n) is 7.48. The predicted octanol–water partition coefficient (Wildman–Crippen LogP) is 4.62. The lowest BCUT2D eigenvalue weighted by atomic mass is 10.1. The monoisotopic (exact) mass is 379 g/mol. The maximum absolute atomic E-state index is 12.9. The first-order valence-corrected chi connectivity index (χ1v) is 8.27. The van der Waals surface area contributed by atoms with Crippen LogP contribution in [0, 0.1) is 5.82 Å². The zero-order valence-corrected chi connectivity index (χ0v) is 14.5. The number of ether oxygens (including phenoxy) is 1. The Balaban J connectivity index is 1.68. The second-order valence-electron chi connectivity index (χ2n) is 5.25. The van der Waals surface area contributed by atoms with E-state index in [0.717, 1.165) is 15.8 Å². The highest BCUT2D eigenvalue weighted by Gasteiger charge is 2.09. The van der Waals surface area contributed by atoms with E-state index in [1.54, 1.807) is 12.1 Å². The van der Waals surface area contributed by atoms with Gasteiger partial charge in [0.1, 0.15) is 11.6 Å². The van der Waals surface area contributed by atoms with Gasteiger partial charge in [-0.1, -0.05) is 28.1 Å². The van der Waals surface area contributed by atoms with Crippen LogP contribution in [-0.4, -0.2) is 12.5 Å². The minimum absolute atomic E-state index is 0.0405. The summed E-state index contributed by atoms with van der Waals surface area (Å²) in [4.78, 5) is 11.9. The van der Waals surface area contributed by atoms with E-state index in [1.807, 2.05) is 31.2 Å². The van der Waals surface area contributed by atoms with Crippen LogP contribution >= 0.6 is 15.9 Å². The standard InChI is InChI=1S/C18H19BrFNO2/c1-13(14-4-8-16(20)9-5-14)21-18(22)3-2-12-23-17-10-6-15(19)7-11-17/h4-11,13H,2-3,12H2,1H3,(H,21,22)/t13-/m0/s1. The fourth-order valence-electron chi connectivity index (χ4n) is 2.10. The highest BCUT2D eigenvalue weighted by atomic mass is 79.9. The molecular formula is C18H19BrFNO2. The molecule has 0 saturated heterocycles. The Hall–Kier alpha value is -1.88. The molecule has 0 fully saturated rings. The van der Waals surface area contributed by atoms with E-state index in [0.29, 0.717) is 19.4 Å². The Morgan fingerprint density at radius 3 is 2.48 bits per heavy atom. The van der Waals surface area contributed by atoms with Crippen LogP contribution in [-0.2, 0) is 4.79 Å². The highest BCUT2D eigenvalue weighted by Crippen LogP contribution is 2.16. The van der Waals surface area contributed by atoms with E-state index >= 15 is 0 Å². The van der Waals surface area contributed by atoms with Crippen LogP contribution in [0.25, 0.3) is 0 Å². The number of halogens is 2. The van der Waals surface area contributed by atoms with Crippen molar-refractivity contribution in [2.45, 2.75) is 25.8 Å². The minimum Gasteiger partial charge on any atom is -0.494 e. The molecule has 0 aromatic heterocycles. The second kappa shape index (κ2) is 8.67. The SMILES string of the molecule is C[C@H](NC(=O)CCCOc1ccc(Br)cc1)c1ccc(F)cc1. The molecule has 2 aromatic carbocycles. The van der Waals surface area contributed by atoms with Crippen LogP contribution in [0.4, 0.5) is 4.39 Å². The molecule has 0 aliphatic heterocycles. The minimum atomic E-state index is -0.280. The summed E-state index contributed by atoms with van der Waals surface area (Å²) in [5.41, 5.74) is 0.880. The number of benzene rings is 2. The molecule has 0 heterocycles. The van der Waals surface area contributed by atoms with E-state index in [9.17, 15) is 9.18 Å². The number of carbonyl (C=O) groups excluding carboxylic acids is 1. The van der Waals surface area contributed by atoms with Crippen molar-refractivity contribution in [2.75, 3.05) is 6.61 Å². The third-order valence-corrected chi connectivity index (χ3v) is 3.91. The Labute approximate surface area is 144 Å². The molecule has 1 N–H and O–H groups in total. The fourth-order valence-corrected chi connectivity index (χ4v) is 2.37. The highest BCUT2D eigenvalue weighted by molar-refractivity contribution is 9.10. The van der Waals surface area contributed by atoms with Crippen molar-refractivity contribution in [3.8, 4) is 5.75 Å². The molecule has 0 aliphatic carbocycles. The van der Waals surface area contributed by atoms with E-state index in [2.05, 4.69) is 21.2 Å². The molecule has 0 unspecified atom stereocenters. The van der Waals surface area contributed by atoms with Crippen molar-refractivity contribution in [2.24, 2.45) is 0 Å². The van der Waals surface area contributed by atoms with Gasteiger partial charge in [0.15, 0.2) is 0 Å². The summed E-state index contributed by atoms with van der Waals surface area (Å²) in [6.45, 7) is 2.36. The Morgan fingerprint density at radius 1 is 1.17 bits per heavy atom. The van der Waals surface area contributed by atoms with Gasteiger partial charge in [-0.3, -0.25) is 4.79 Å². The summed E-state index contributed by atoms with van der Waals surface area (Å²) in [5.74, 6) is 0.465. The van der Waals surface area contributed by atoms with E-state index in [1.165, 1.54) is 12.1 Å². The van der Waals surface area contributed by atoms with Crippen LogP contribution in [0.1, 0.15) is 31.4 Å². The summed E-state index contributed by atoms with van der Waals surface area (Å²) in [6.07, 6.45) is 1.03. The molecule has 1 amide bonds. The van der Waals surface area contributed by atoms with Gasteiger partial charge in [0.25, 0.3) is 0 Å². The average molecular weight is 380 g/mol.